The van der Waals surface area contributed by atoms with E-state index < -0.39 is 10.8 Å². The quantitative estimate of drug-likeness (QED) is 0.657. The number of hydrogen-bond acceptors (Lipinski definition) is 5. The summed E-state index contributed by atoms with van der Waals surface area (Å²) in [4.78, 5) is 25.8. The molecule has 21 heavy (non-hydrogen) atoms. The molecule has 0 fully saturated rings. The number of nitrogens with two attached hydrogens (primary N) is 1. The van der Waals surface area contributed by atoms with Crippen molar-refractivity contribution in [3.8, 4) is 0 Å². The first-order chi connectivity index (χ1) is 9.99. The zero-order valence-electron chi connectivity index (χ0n) is 11.4. The van der Waals surface area contributed by atoms with Crippen LogP contribution < -0.4 is 11.1 Å². The Kier molecular flexibility index (Phi) is 4.13. The second-order valence-corrected chi connectivity index (χ2v) is 4.49. The van der Waals surface area contributed by atoms with Gasteiger partial charge in [-0.2, -0.15) is 0 Å². The normalized spacial score (nSPS) is 10.1. The van der Waals surface area contributed by atoms with Gasteiger partial charge in [-0.05, 0) is 18.1 Å². The first-order valence-electron chi connectivity index (χ1n) is 6.21. The molecule has 0 atom stereocenters. The fourth-order valence-corrected chi connectivity index (χ4v) is 1.83. The van der Waals surface area contributed by atoms with Crippen molar-refractivity contribution in [1.29, 1.82) is 0 Å². The summed E-state index contributed by atoms with van der Waals surface area (Å²) in [5.74, 6) is -0.533. The highest BCUT2D eigenvalue weighted by atomic mass is 16.6. The van der Waals surface area contributed by atoms with E-state index in [-0.39, 0.29) is 17.1 Å². The number of pyridine rings is 1. The Bertz CT molecular complexity index is 700. The minimum Gasteiger partial charge on any atom is -0.383 e. The van der Waals surface area contributed by atoms with Crippen LogP contribution in [0.15, 0.2) is 36.5 Å². The lowest BCUT2D eigenvalue weighted by atomic mass is 10.1. The Morgan fingerprint density at radius 1 is 1.43 bits per heavy atom. The van der Waals surface area contributed by atoms with E-state index in [9.17, 15) is 14.9 Å². The van der Waals surface area contributed by atoms with Crippen molar-refractivity contribution in [2.45, 2.75) is 13.5 Å². The third-order valence-electron chi connectivity index (χ3n) is 3.06. The van der Waals surface area contributed by atoms with Crippen LogP contribution in [-0.4, -0.2) is 15.8 Å². The number of amides is 1. The van der Waals surface area contributed by atoms with Crippen LogP contribution in [0.3, 0.4) is 0 Å². The van der Waals surface area contributed by atoms with Crippen LogP contribution >= 0.6 is 0 Å². The van der Waals surface area contributed by atoms with Gasteiger partial charge in [0.2, 0.25) is 0 Å². The number of hydrogen-bond donors (Lipinski definition) is 2. The zero-order chi connectivity index (χ0) is 15.4. The molecule has 0 radical (unpaired) electrons. The summed E-state index contributed by atoms with van der Waals surface area (Å²) in [6.45, 7) is 2.25. The fraction of sp³-hybridized carbons (Fsp3) is 0.143. The van der Waals surface area contributed by atoms with E-state index in [0.29, 0.717) is 6.54 Å². The predicted octanol–water partition coefficient (Wildman–Crippen LogP) is 1.81. The van der Waals surface area contributed by atoms with E-state index in [1.54, 1.807) is 0 Å². The Morgan fingerprint density at radius 2 is 2.14 bits per heavy atom. The molecule has 0 spiro atoms. The summed E-state index contributed by atoms with van der Waals surface area (Å²) in [5, 5.41) is 13.4. The van der Waals surface area contributed by atoms with Crippen LogP contribution in [0, 0.1) is 17.0 Å². The molecule has 1 heterocycles. The lowest BCUT2D eigenvalue weighted by Crippen LogP contribution is -2.24. The number of rotatable bonds is 4. The van der Waals surface area contributed by atoms with Crippen LogP contribution in [0.4, 0.5) is 11.5 Å². The van der Waals surface area contributed by atoms with Gasteiger partial charge in [0.1, 0.15) is 12.0 Å². The van der Waals surface area contributed by atoms with Crippen molar-refractivity contribution in [2.75, 3.05) is 5.73 Å². The Balaban J connectivity index is 2.15. The second kappa shape index (κ2) is 6.00. The van der Waals surface area contributed by atoms with E-state index in [0.717, 1.165) is 23.4 Å². The van der Waals surface area contributed by atoms with E-state index >= 15 is 0 Å². The Labute approximate surface area is 121 Å². The minimum atomic E-state index is -0.620. The molecule has 0 unspecified atom stereocenters. The van der Waals surface area contributed by atoms with Gasteiger partial charge in [-0.25, -0.2) is 4.98 Å². The maximum absolute atomic E-state index is 12.1. The van der Waals surface area contributed by atoms with E-state index in [2.05, 4.69) is 10.3 Å². The van der Waals surface area contributed by atoms with Gasteiger partial charge in [-0.1, -0.05) is 24.3 Å². The molecule has 0 aliphatic carbocycles. The summed E-state index contributed by atoms with van der Waals surface area (Å²) in [7, 11) is 0. The van der Waals surface area contributed by atoms with Crippen molar-refractivity contribution < 1.29 is 9.72 Å². The largest absolute Gasteiger partial charge is 0.383 e. The summed E-state index contributed by atoms with van der Waals surface area (Å²) < 4.78 is 0. The molecule has 0 bridgehead atoms. The molecule has 2 aromatic rings. The van der Waals surface area contributed by atoms with E-state index in [1.165, 1.54) is 0 Å². The lowest BCUT2D eigenvalue weighted by Gasteiger charge is -2.08. The van der Waals surface area contributed by atoms with Gasteiger partial charge in [0, 0.05) is 12.6 Å². The first-order valence-corrected chi connectivity index (χ1v) is 6.21. The summed E-state index contributed by atoms with van der Waals surface area (Å²) >= 11 is 0. The summed E-state index contributed by atoms with van der Waals surface area (Å²) in [5.41, 5.74) is 7.33. The highest BCUT2D eigenvalue weighted by Crippen LogP contribution is 2.17. The molecule has 0 aliphatic rings. The van der Waals surface area contributed by atoms with Gasteiger partial charge in [0.15, 0.2) is 0 Å². The molecule has 0 saturated carbocycles. The number of carbonyl (C=O) groups is 1. The van der Waals surface area contributed by atoms with Crippen molar-refractivity contribution in [2.24, 2.45) is 0 Å². The van der Waals surface area contributed by atoms with E-state index in [1.807, 2.05) is 31.2 Å². The SMILES string of the molecule is Cc1ccccc1CNC(=O)c1cc([N+](=O)[O-])cnc1N. The number of carbonyl (C=O) groups excluding carboxylic acids is 1. The smallest absolute Gasteiger partial charge is 0.288 e. The Morgan fingerprint density at radius 3 is 2.81 bits per heavy atom. The molecule has 0 aliphatic heterocycles. The van der Waals surface area contributed by atoms with E-state index in [4.69, 9.17) is 5.73 Å². The number of aryl methyl sites for hydroxylation is 1. The summed E-state index contributed by atoms with van der Waals surface area (Å²) in [6, 6.07) is 8.73. The third-order valence-corrected chi connectivity index (χ3v) is 3.06. The van der Waals surface area contributed by atoms with Crippen LogP contribution in [0.2, 0.25) is 0 Å². The topological polar surface area (TPSA) is 111 Å². The molecule has 108 valence electrons. The molecular weight excluding hydrogens is 272 g/mol. The lowest BCUT2D eigenvalue weighted by molar-refractivity contribution is -0.385. The number of nitrogens with one attached hydrogen (secondary N) is 1. The highest BCUT2D eigenvalue weighted by molar-refractivity contribution is 5.98. The number of nitrogens with zero attached hydrogens (tertiary/aromatic N) is 2. The van der Waals surface area contributed by atoms with Crippen LogP contribution in [0.1, 0.15) is 21.5 Å². The van der Waals surface area contributed by atoms with Crippen molar-refractivity contribution in [1.82, 2.24) is 10.3 Å². The second-order valence-electron chi connectivity index (χ2n) is 4.49. The average Bonchev–Trinajstić information content (AvgIpc) is 2.46. The molecule has 3 N–H and O–H groups in total. The van der Waals surface area contributed by atoms with Crippen LogP contribution in [0.25, 0.3) is 0 Å². The third kappa shape index (κ3) is 3.33. The van der Waals surface area contributed by atoms with Gasteiger partial charge >= 0.3 is 0 Å². The van der Waals surface area contributed by atoms with Crippen LogP contribution in [0.5, 0.6) is 0 Å². The number of benzene rings is 1. The monoisotopic (exact) mass is 286 g/mol. The zero-order valence-corrected chi connectivity index (χ0v) is 11.4. The van der Waals surface area contributed by atoms with Crippen molar-refractivity contribution in [3.05, 3.63) is 63.3 Å². The molecule has 2 rings (SSSR count). The average molecular weight is 286 g/mol. The number of nitro groups is 1. The molecule has 7 heteroatoms. The first kappa shape index (κ1) is 14.4. The molecule has 1 aromatic heterocycles. The maximum atomic E-state index is 12.1. The minimum absolute atomic E-state index is 0.00205. The maximum Gasteiger partial charge on any atom is 0.288 e. The van der Waals surface area contributed by atoms with Gasteiger partial charge in [0.05, 0.1) is 10.5 Å². The molecule has 0 saturated heterocycles. The van der Waals surface area contributed by atoms with Gasteiger partial charge in [0.25, 0.3) is 11.6 Å². The predicted molar refractivity (Wildman–Crippen MR) is 77.7 cm³/mol. The van der Waals surface area contributed by atoms with Gasteiger partial charge in [-0.15, -0.1) is 0 Å². The fourth-order valence-electron chi connectivity index (χ4n) is 1.83. The molecule has 1 aromatic carbocycles. The number of nitrogen functional groups attached to an aromatic ring is 1. The van der Waals surface area contributed by atoms with Gasteiger partial charge < -0.3 is 11.1 Å². The van der Waals surface area contributed by atoms with Gasteiger partial charge in [-0.3, -0.25) is 14.9 Å². The molecule has 7 nitrogen and oxygen atoms in total. The number of aromatic nitrogens is 1. The molecule has 1 amide bonds. The van der Waals surface area contributed by atoms with Crippen molar-refractivity contribution >= 4 is 17.4 Å². The molecular formula is C14H14N4O3. The summed E-state index contributed by atoms with van der Waals surface area (Å²) in [6.07, 6.45) is 1.02. The standard InChI is InChI=1S/C14H14N4O3/c1-9-4-2-3-5-10(9)7-17-14(19)12-6-11(18(20)21)8-16-13(12)15/h2-6,8H,7H2,1H3,(H2,15,16)(H,17,19). The number of anilines is 1. The highest BCUT2D eigenvalue weighted by Gasteiger charge is 2.16. The van der Waals surface area contributed by atoms with Crippen molar-refractivity contribution in [3.63, 3.8) is 0 Å². The van der Waals surface area contributed by atoms with Crippen LogP contribution in [-0.2, 0) is 6.54 Å². The Hall–Kier alpha value is -2.96.